The number of carbonyl (C=O) groups is 2. The molecule has 1 aromatic rings. The highest BCUT2D eigenvalue weighted by molar-refractivity contribution is 7.16. The van der Waals surface area contributed by atoms with Crippen molar-refractivity contribution in [3.05, 3.63) is 21.1 Å². The summed E-state index contributed by atoms with van der Waals surface area (Å²) in [7, 11) is 1.17. The smallest absolute Gasteiger partial charge is 0.348 e. The van der Waals surface area contributed by atoms with E-state index < -0.39 is 23.0 Å². The third kappa shape index (κ3) is 4.15. The summed E-state index contributed by atoms with van der Waals surface area (Å²) in [6.07, 6.45) is -0.686. The molecule has 0 aliphatic rings. The van der Waals surface area contributed by atoms with Gasteiger partial charge in [0.15, 0.2) is 6.10 Å². The molecule has 0 bridgehead atoms. The summed E-state index contributed by atoms with van der Waals surface area (Å²) in [5.41, 5.74) is -0.386. The van der Waals surface area contributed by atoms with Gasteiger partial charge in [0, 0.05) is 6.07 Å². The van der Waals surface area contributed by atoms with E-state index in [1.54, 1.807) is 13.8 Å². The van der Waals surface area contributed by atoms with Crippen LogP contribution < -0.4 is 4.74 Å². The number of methoxy groups -OCH3 is 1. The number of hydrogen-bond acceptors (Lipinski definition) is 8. The topological polar surface area (TPSA) is 105 Å². The third-order valence-electron chi connectivity index (χ3n) is 2.43. The van der Waals surface area contributed by atoms with Gasteiger partial charge in [-0.1, -0.05) is 18.3 Å². The van der Waals surface area contributed by atoms with Crippen molar-refractivity contribution in [3.63, 3.8) is 0 Å². The van der Waals surface area contributed by atoms with Crippen molar-refractivity contribution in [3.8, 4) is 5.06 Å². The first kappa shape index (κ1) is 16.9. The van der Waals surface area contributed by atoms with Crippen LogP contribution in [0.5, 0.6) is 5.06 Å². The van der Waals surface area contributed by atoms with Crippen LogP contribution in [0.1, 0.15) is 29.9 Å². The molecular formula is C12H15NO7S. The fourth-order valence-corrected chi connectivity index (χ4v) is 2.38. The molecule has 0 saturated carbocycles. The van der Waals surface area contributed by atoms with Gasteiger partial charge in [-0.15, -0.1) is 0 Å². The summed E-state index contributed by atoms with van der Waals surface area (Å²) in [5, 5.41) is 10.9. The van der Waals surface area contributed by atoms with Gasteiger partial charge in [0.05, 0.1) is 18.6 Å². The molecule has 116 valence electrons. The third-order valence-corrected chi connectivity index (χ3v) is 3.43. The van der Waals surface area contributed by atoms with E-state index in [1.165, 1.54) is 7.11 Å². The Hall–Kier alpha value is -2.16. The molecule has 0 saturated heterocycles. The van der Waals surface area contributed by atoms with Crippen LogP contribution in [-0.4, -0.2) is 36.7 Å². The van der Waals surface area contributed by atoms with Gasteiger partial charge in [-0.05, 0) is 13.3 Å². The molecule has 0 spiro atoms. The van der Waals surface area contributed by atoms with Gasteiger partial charge in [0.1, 0.15) is 4.88 Å². The minimum Gasteiger partial charge on any atom is -0.465 e. The average molecular weight is 317 g/mol. The van der Waals surface area contributed by atoms with Crippen LogP contribution in [0.4, 0.5) is 5.69 Å². The molecule has 0 radical (unpaired) electrons. The number of nitrogens with zero attached hydrogens (tertiary/aromatic N) is 1. The summed E-state index contributed by atoms with van der Waals surface area (Å²) < 4.78 is 14.7. The molecule has 8 nitrogen and oxygen atoms in total. The molecular weight excluding hydrogens is 302 g/mol. The largest absolute Gasteiger partial charge is 0.465 e. The standard InChI is InChI=1S/C12H15NO7S/c1-4-8(10(14)19-5-2)20-12-7(13(16)17)6-9(21-12)11(15)18-3/h6,8H,4-5H2,1-3H3. The molecule has 0 aliphatic carbocycles. The van der Waals surface area contributed by atoms with E-state index >= 15 is 0 Å². The van der Waals surface area contributed by atoms with Crippen LogP contribution in [0.2, 0.25) is 0 Å². The summed E-state index contributed by atoms with van der Waals surface area (Å²) in [6, 6.07) is 1.06. The molecule has 1 heterocycles. The van der Waals surface area contributed by atoms with Crippen LogP contribution in [0.25, 0.3) is 0 Å². The highest BCUT2D eigenvalue weighted by Gasteiger charge is 2.29. The molecule has 0 aliphatic heterocycles. The van der Waals surface area contributed by atoms with Crippen LogP contribution >= 0.6 is 11.3 Å². The van der Waals surface area contributed by atoms with Gasteiger partial charge < -0.3 is 14.2 Å². The van der Waals surface area contributed by atoms with E-state index in [0.29, 0.717) is 0 Å². The van der Waals surface area contributed by atoms with E-state index in [4.69, 9.17) is 9.47 Å². The summed E-state index contributed by atoms with van der Waals surface area (Å²) in [6.45, 7) is 3.51. The Kier molecular flexibility index (Phi) is 6.10. The van der Waals surface area contributed by atoms with Crippen LogP contribution in [-0.2, 0) is 14.3 Å². The molecule has 1 aromatic heterocycles. The van der Waals surface area contributed by atoms with Crippen molar-refractivity contribution >= 4 is 29.0 Å². The predicted octanol–water partition coefficient (Wildman–Crippen LogP) is 2.16. The first-order valence-corrected chi connectivity index (χ1v) is 6.96. The number of carbonyl (C=O) groups excluding carboxylic acids is 2. The molecule has 0 aromatic carbocycles. The van der Waals surface area contributed by atoms with Crippen LogP contribution in [0, 0.1) is 10.1 Å². The van der Waals surface area contributed by atoms with Crippen LogP contribution in [0.3, 0.4) is 0 Å². The lowest BCUT2D eigenvalue weighted by molar-refractivity contribution is -0.385. The molecule has 1 rings (SSSR count). The number of rotatable bonds is 7. The number of ether oxygens (including phenoxy) is 3. The summed E-state index contributed by atoms with van der Waals surface area (Å²) in [4.78, 5) is 33.4. The Morgan fingerprint density at radius 2 is 2.10 bits per heavy atom. The second-order valence-electron chi connectivity index (χ2n) is 3.80. The van der Waals surface area contributed by atoms with E-state index in [1.807, 2.05) is 0 Å². The van der Waals surface area contributed by atoms with Gasteiger partial charge >= 0.3 is 17.6 Å². The zero-order valence-corrected chi connectivity index (χ0v) is 12.6. The Morgan fingerprint density at radius 3 is 2.57 bits per heavy atom. The van der Waals surface area contributed by atoms with Crippen molar-refractivity contribution in [2.45, 2.75) is 26.4 Å². The fourth-order valence-electron chi connectivity index (χ4n) is 1.44. The first-order chi connectivity index (χ1) is 9.94. The number of thiophene rings is 1. The van der Waals surface area contributed by atoms with Crippen molar-refractivity contribution in [2.75, 3.05) is 13.7 Å². The zero-order valence-electron chi connectivity index (χ0n) is 11.8. The Morgan fingerprint density at radius 1 is 1.43 bits per heavy atom. The quantitative estimate of drug-likeness (QED) is 0.431. The monoisotopic (exact) mass is 317 g/mol. The van der Waals surface area contributed by atoms with Crippen molar-refractivity contribution in [1.82, 2.24) is 0 Å². The summed E-state index contributed by atoms with van der Waals surface area (Å²) >= 11 is 0.754. The Bertz CT molecular complexity index is 540. The van der Waals surface area contributed by atoms with E-state index in [0.717, 1.165) is 17.4 Å². The minimum atomic E-state index is -0.965. The lowest BCUT2D eigenvalue weighted by Crippen LogP contribution is -2.28. The first-order valence-electron chi connectivity index (χ1n) is 6.14. The second-order valence-corrected chi connectivity index (χ2v) is 4.81. The van der Waals surface area contributed by atoms with Gasteiger partial charge in [0.25, 0.3) is 5.06 Å². The lowest BCUT2D eigenvalue weighted by atomic mass is 10.3. The van der Waals surface area contributed by atoms with Crippen molar-refractivity contribution in [2.24, 2.45) is 0 Å². The maximum Gasteiger partial charge on any atom is 0.348 e. The number of hydrogen-bond donors (Lipinski definition) is 0. The highest BCUT2D eigenvalue weighted by Crippen LogP contribution is 2.38. The predicted molar refractivity (Wildman–Crippen MR) is 73.7 cm³/mol. The van der Waals surface area contributed by atoms with Gasteiger partial charge in [-0.25, -0.2) is 9.59 Å². The molecule has 0 N–H and O–H groups in total. The lowest BCUT2D eigenvalue weighted by Gasteiger charge is -2.14. The number of esters is 2. The average Bonchev–Trinajstić information content (AvgIpc) is 2.88. The summed E-state index contributed by atoms with van der Waals surface area (Å²) in [5.74, 6) is -1.32. The van der Waals surface area contributed by atoms with E-state index in [2.05, 4.69) is 4.74 Å². The highest BCUT2D eigenvalue weighted by atomic mass is 32.1. The molecule has 0 fully saturated rings. The zero-order chi connectivity index (χ0) is 16.0. The molecule has 0 amide bonds. The molecule has 1 atom stereocenters. The second kappa shape index (κ2) is 7.58. The van der Waals surface area contributed by atoms with Gasteiger partial charge in [0.2, 0.25) is 0 Å². The number of nitro groups is 1. The fraction of sp³-hybridized carbons (Fsp3) is 0.500. The van der Waals surface area contributed by atoms with E-state index in [9.17, 15) is 19.7 Å². The normalized spacial score (nSPS) is 11.6. The maximum absolute atomic E-state index is 11.7. The SMILES string of the molecule is CCOC(=O)C(CC)Oc1sc(C(=O)OC)cc1[N+](=O)[O-]. The van der Waals surface area contributed by atoms with E-state index in [-0.39, 0.29) is 28.7 Å². The van der Waals surface area contributed by atoms with Gasteiger partial charge in [-0.3, -0.25) is 10.1 Å². The van der Waals surface area contributed by atoms with Gasteiger partial charge in [-0.2, -0.15) is 0 Å². The molecule has 9 heteroatoms. The minimum absolute atomic E-state index is 0.0258. The van der Waals surface area contributed by atoms with Crippen LogP contribution in [0.15, 0.2) is 6.07 Å². The molecule has 21 heavy (non-hydrogen) atoms. The Balaban J connectivity index is 3.04. The maximum atomic E-state index is 11.7. The molecule has 1 unspecified atom stereocenters. The Labute approximate surface area is 124 Å². The van der Waals surface area contributed by atoms with Crippen molar-refractivity contribution in [1.29, 1.82) is 0 Å². The van der Waals surface area contributed by atoms with Crippen molar-refractivity contribution < 1.29 is 28.7 Å².